The molecule has 3 rings (SSSR count). The van der Waals surface area contributed by atoms with Gasteiger partial charge in [-0.3, -0.25) is 9.13 Å². The van der Waals surface area contributed by atoms with Crippen molar-refractivity contribution in [2.24, 2.45) is 0 Å². The predicted octanol–water partition coefficient (Wildman–Crippen LogP) is 2.15. The molecule has 3 fully saturated rings. The molecular formula is C24H49N5O9P2. The zero-order valence-electron chi connectivity index (χ0n) is 24.8. The van der Waals surface area contributed by atoms with Crippen molar-refractivity contribution in [3.8, 4) is 0 Å². The fourth-order valence-corrected chi connectivity index (χ4v) is 9.19. The van der Waals surface area contributed by atoms with Gasteiger partial charge in [-0.05, 0) is 61.3 Å². The van der Waals surface area contributed by atoms with Crippen molar-refractivity contribution >= 4 is 21.4 Å². The summed E-state index contributed by atoms with van der Waals surface area (Å²) in [5, 5.41) is 8.88. The van der Waals surface area contributed by atoms with E-state index in [9.17, 15) is 13.9 Å². The molecule has 0 bridgehead atoms. The number of carbonyl (C=O) groups excluding carboxylic acids is 1. The maximum Gasteiger partial charge on any atom is 0.409 e. The summed E-state index contributed by atoms with van der Waals surface area (Å²) in [5.41, 5.74) is 0. The second-order valence-corrected chi connectivity index (χ2v) is 16.2. The lowest BCUT2D eigenvalue weighted by molar-refractivity contribution is -0.0822. The number of morpholine rings is 1. The number of rotatable bonds is 12. The van der Waals surface area contributed by atoms with Crippen LogP contribution in [0, 0.1) is 0 Å². The highest BCUT2D eigenvalue weighted by atomic mass is 31.2. The molecule has 0 aromatic heterocycles. The maximum atomic E-state index is 14.1. The number of carbonyl (C=O) groups is 1. The van der Waals surface area contributed by atoms with E-state index >= 15 is 0 Å². The van der Waals surface area contributed by atoms with Crippen LogP contribution >= 0.6 is 15.3 Å². The lowest BCUT2D eigenvalue weighted by Gasteiger charge is -2.43. The fourth-order valence-electron chi connectivity index (χ4n) is 5.16. The van der Waals surface area contributed by atoms with Crippen LogP contribution in [0.4, 0.5) is 4.79 Å². The van der Waals surface area contributed by atoms with Gasteiger partial charge in [0.2, 0.25) is 0 Å². The van der Waals surface area contributed by atoms with Gasteiger partial charge in [-0.15, -0.1) is 0 Å². The van der Waals surface area contributed by atoms with Crippen LogP contribution in [-0.4, -0.2) is 153 Å². The van der Waals surface area contributed by atoms with Crippen LogP contribution in [0.1, 0.15) is 33.1 Å². The summed E-state index contributed by atoms with van der Waals surface area (Å²) in [6.45, 7) is 5.98. The molecule has 0 aliphatic carbocycles. The summed E-state index contributed by atoms with van der Waals surface area (Å²) in [6, 6.07) is 0. The summed E-state index contributed by atoms with van der Waals surface area (Å²) in [7, 11) is 0.0930. The van der Waals surface area contributed by atoms with Gasteiger partial charge in [0.25, 0.3) is 0 Å². The lowest BCUT2D eigenvalue weighted by atomic mass is 10.1. The van der Waals surface area contributed by atoms with Crippen LogP contribution in [0.25, 0.3) is 0 Å². The monoisotopic (exact) mass is 613 g/mol. The summed E-state index contributed by atoms with van der Waals surface area (Å²) >= 11 is 0. The van der Waals surface area contributed by atoms with Crippen LogP contribution < -0.4 is 0 Å². The molecule has 0 saturated carbocycles. The molecule has 3 saturated heterocycles. The molecule has 234 valence electrons. The third kappa shape index (κ3) is 8.70. The third-order valence-corrected chi connectivity index (χ3v) is 12.4. The van der Waals surface area contributed by atoms with Crippen molar-refractivity contribution in [3.05, 3.63) is 0 Å². The molecular weight excluding hydrogens is 564 g/mol. The van der Waals surface area contributed by atoms with Gasteiger partial charge >= 0.3 is 21.4 Å². The summed E-state index contributed by atoms with van der Waals surface area (Å²) in [4.78, 5) is 13.6. The maximum absolute atomic E-state index is 14.1. The van der Waals surface area contributed by atoms with Crippen LogP contribution in [0.2, 0.25) is 0 Å². The van der Waals surface area contributed by atoms with Crippen molar-refractivity contribution in [2.45, 2.75) is 57.5 Å². The van der Waals surface area contributed by atoms with Gasteiger partial charge in [0.05, 0.1) is 44.2 Å². The third-order valence-electron chi connectivity index (χ3n) is 7.28. The smallest absolute Gasteiger partial charge is 0.409 e. The van der Waals surface area contributed by atoms with Crippen molar-refractivity contribution in [1.82, 2.24) is 23.6 Å². The Morgan fingerprint density at radius 2 is 1.43 bits per heavy atom. The lowest BCUT2D eigenvalue weighted by Crippen LogP contribution is -2.50. The van der Waals surface area contributed by atoms with E-state index in [-0.39, 0.29) is 44.7 Å². The first-order chi connectivity index (χ1) is 18.9. The van der Waals surface area contributed by atoms with E-state index in [2.05, 4.69) is 0 Å². The molecule has 14 nitrogen and oxygen atoms in total. The minimum absolute atomic E-state index is 0.0335. The Balaban J connectivity index is 1.60. The number of ether oxygens (including phenoxy) is 3. The molecule has 3 aliphatic heterocycles. The Morgan fingerprint density at radius 1 is 0.850 bits per heavy atom. The van der Waals surface area contributed by atoms with Crippen LogP contribution in [-0.2, 0) is 32.4 Å². The Bertz CT molecular complexity index is 906. The number of hydrogen-bond donors (Lipinski definition) is 1. The van der Waals surface area contributed by atoms with Crippen LogP contribution in [0.5, 0.6) is 0 Å². The first-order valence-electron chi connectivity index (χ1n) is 14.1. The van der Waals surface area contributed by atoms with E-state index in [0.717, 1.165) is 19.3 Å². The minimum atomic E-state index is -3.43. The van der Waals surface area contributed by atoms with Crippen LogP contribution in [0.15, 0.2) is 0 Å². The van der Waals surface area contributed by atoms with Crippen molar-refractivity contribution in [3.63, 3.8) is 0 Å². The van der Waals surface area contributed by atoms with E-state index in [4.69, 9.17) is 28.4 Å². The first kappa shape index (κ1) is 33.9. The van der Waals surface area contributed by atoms with Gasteiger partial charge in [-0.25, -0.2) is 23.5 Å². The van der Waals surface area contributed by atoms with E-state index in [1.807, 2.05) is 18.5 Å². The molecule has 0 aromatic rings. The van der Waals surface area contributed by atoms with Gasteiger partial charge in [0.15, 0.2) is 0 Å². The number of aliphatic hydroxyl groups excluding tert-OH is 1. The topological polar surface area (TPSA) is 134 Å². The normalized spacial score (nSPS) is 30.3. The van der Waals surface area contributed by atoms with Crippen molar-refractivity contribution in [2.75, 3.05) is 93.9 Å². The van der Waals surface area contributed by atoms with Gasteiger partial charge in [-0.1, -0.05) is 0 Å². The quantitative estimate of drug-likeness (QED) is 0.323. The Labute approximate surface area is 238 Å². The molecule has 0 aromatic carbocycles. The highest BCUT2D eigenvalue weighted by Crippen LogP contribution is 2.55. The van der Waals surface area contributed by atoms with Gasteiger partial charge in [-0.2, -0.15) is 0 Å². The first-order valence-corrected chi connectivity index (χ1v) is 17.1. The van der Waals surface area contributed by atoms with E-state index in [0.29, 0.717) is 39.3 Å². The molecule has 16 heteroatoms. The Morgan fingerprint density at radius 3 is 2.00 bits per heavy atom. The zero-order chi connectivity index (χ0) is 29.5. The van der Waals surface area contributed by atoms with E-state index in [1.165, 1.54) is 4.90 Å². The molecule has 40 heavy (non-hydrogen) atoms. The predicted molar refractivity (Wildman–Crippen MR) is 150 cm³/mol. The van der Waals surface area contributed by atoms with Crippen LogP contribution in [0.3, 0.4) is 0 Å². The molecule has 0 spiro atoms. The van der Waals surface area contributed by atoms with Gasteiger partial charge in [0, 0.05) is 39.3 Å². The zero-order valence-corrected chi connectivity index (χ0v) is 26.6. The minimum Gasteiger partial charge on any atom is -0.447 e. The number of amides is 1. The summed E-state index contributed by atoms with van der Waals surface area (Å²) < 4.78 is 64.2. The number of piperazine rings is 1. The number of aliphatic hydroxyl groups is 1. The second-order valence-electron chi connectivity index (χ2n) is 11.0. The standard InChI is InChI=1S/C24H49N5O9P2/c1-20-8-7-9-22(37-20)18-35-40(33,26(5)6)29-16-21(2)38-23(17-29)19-36-39(32,25(3)4)28-12-10-27(11-13-28)24(31)34-15-14-30/h20-23,30H,7-19H2,1-6H3/t20-,21-,22-,23-,39?,40?/m0/s1. The Hall–Kier alpha value is -0.630. The van der Waals surface area contributed by atoms with E-state index in [1.54, 1.807) is 42.2 Å². The number of nitrogens with zero attached hydrogens (tertiary/aromatic N) is 5. The Kier molecular flexibility index (Phi) is 12.9. The molecule has 1 N–H and O–H groups in total. The van der Waals surface area contributed by atoms with Gasteiger partial charge in [0.1, 0.15) is 6.61 Å². The molecule has 3 aliphatic rings. The molecule has 1 amide bonds. The van der Waals surface area contributed by atoms with Crippen molar-refractivity contribution < 1.29 is 42.3 Å². The highest BCUT2D eigenvalue weighted by Gasteiger charge is 2.43. The highest BCUT2D eigenvalue weighted by molar-refractivity contribution is 7.54. The summed E-state index contributed by atoms with van der Waals surface area (Å²) in [6.07, 6.45) is 1.83. The van der Waals surface area contributed by atoms with Gasteiger partial charge < -0.3 is 33.3 Å². The van der Waals surface area contributed by atoms with E-state index < -0.39 is 27.5 Å². The van der Waals surface area contributed by atoms with Crippen molar-refractivity contribution in [1.29, 1.82) is 0 Å². The average Bonchev–Trinajstić information content (AvgIpc) is 2.93. The number of hydrogen-bond acceptors (Lipinski definition) is 9. The SMILES string of the molecule is C[C@H]1CCC[C@@H](COP(=O)(N(C)C)N2C[C@@H](COP(=O)(N(C)C)N3CCN(C(=O)OCCO)CC3)O[C@@H](C)C2)O1. The summed E-state index contributed by atoms with van der Waals surface area (Å²) in [5.74, 6) is 0. The molecule has 3 heterocycles. The average molecular weight is 614 g/mol. The molecule has 6 atom stereocenters. The molecule has 2 unspecified atom stereocenters. The fraction of sp³-hybridized carbons (Fsp3) is 0.958. The second kappa shape index (κ2) is 15.2. The largest absolute Gasteiger partial charge is 0.447 e. The molecule has 0 radical (unpaired) electrons.